The van der Waals surface area contributed by atoms with Crippen molar-refractivity contribution in [3.05, 3.63) is 25.3 Å². The number of hydrogen-bond acceptors (Lipinski definition) is 5. The van der Waals surface area contributed by atoms with Crippen molar-refractivity contribution in [1.82, 2.24) is 14.7 Å². The van der Waals surface area contributed by atoms with E-state index in [4.69, 9.17) is 4.74 Å². The second-order valence-corrected chi connectivity index (χ2v) is 11.6. The fraction of sp³-hybridized carbons (Fsp3) is 0.741. The van der Waals surface area contributed by atoms with E-state index in [9.17, 15) is 19.5 Å². The molecule has 8 atom stereocenters. The number of aliphatic hydroxyl groups is 1. The molecule has 3 amide bonds. The van der Waals surface area contributed by atoms with Crippen molar-refractivity contribution in [1.29, 1.82) is 0 Å². The van der Waals surface area contributed by atoms with Crippen LogP contribution >= 0.6 is 15.9 Å². The number of ether oxygens (including phenoxy) is 1. The Morgan fingerprint density at radius 3 is 2.44 bits per heavy atom. The van der Waals surface area contributed by atoms with E-state index in [1.54, 1.807) is 28.9 Å². The first kappa shape index (κ1) is 28.9. The van der Waals surface area contributed by atoms with Crippen molar-refractivity contribution < 1.29 is 24.2 Å². The van der Waals surface area contributed by atoms with Crippen LogP contribution in [0, 0.1) is 11.8 Å². The van der Waals surface area contributed by atoms with Crippen LogP contribution in [0.1, 0.15) is 53.4 Å². The number of carbonyl (C=O) groups is 3. The largest absolute Gasteiger partial charge is 0.394 e. The van der Waals surface area contributed by atoms with Crippen molar-refractivity contribution in [2.24, 2.45) is 11.8 Å². The highest BCUT2D eigenvalue weighted by atomic mass is 79.9. The molecule has 3 fully saturated rings. The molecule has 4 unspecified atom stereocenters. The Hall–Kier alpha value is -1.71. The van der Waals surface area contributed by atoms with Crippen LogP contribution < -0.4 is 0 Å². The molecule has 0 aromatic rings. The fourth-order valence-electron chi connectivity index (χ4n) is 6.48. The van der Waals surface area contributed by atoms with Crippen LogP contribution in [0.2, 0.25) is 0 Å². The number of likely N-dealkylation sites (tertiary alicyclic amines) is 1. The standard InChI is InChI=1S/C27H42BrN3O5/c1-7-11-17(5)30(14-10-4)26(35)23-27-15-19(28)22(36-27)20(24(33)29(12-8-2)13-9-3)21(27)25(34)31(23)18(6)16-32/h8,10,17-23,32H,2,4,7,9,11-16H2,1,3,5-6H3/t17?,18-,19?,20+,21+,22+,23?,27?/m1/s1. The maximum atomic E-state index is 14.3. The van der Waals surface area contributed by atoms with E-state index in [-0.39, 0.29) is 35.2 Å². The lowest BCUT2D eigenvalue weighted by atomic mass is 9.70. The summed E-state index contributed by atoms with van der Waals surface area (Å²) in [7, 11) is 0. The van der Waals surface area contributed by atoms with Crippen LogP contribution in [-0.4, -0.2) is 98.4 Å². The normalized spacial score (nSPS) is 32.2. The summed E-state index contributed by atoms with van der Waals surface area (Å²) in [6.45, 7) is 16.4. The summed E-state index contributed by atoms with van der Waals surface area (Å²) in [4.78, 5) is 47.0. The molecule has 0 radical (unpaired) electrons. The zero-order valence-electron chi connectivity index (χ0n) is 22.1. The molecular weight excluding hydrogens is 526 g/mol. The third-order valence-corrected chi connectivity index (χ3v) is 8.83. The first-order valence-electron chi connectivity index (χ1n) is 13.2. The second-order valence-electron chi connectivity index (χ2n) is 10.4. The van der Waals surface area contributed by atoms with Gasteiger partial charge in [0.05, 0.1) is 30.6 Å². The molecule has 202 valence electrons. The maximum Gasteiger partial charge on any atom is 0.248 e. The zero-order chi connectivity index (χ0) is 26.8. The number of halogens is 1. The number of carbonyl (C=O) groups excluding carboxylic acids is 3. The molecule has 8 nitrogen and oxygen atoms in total. The fourth-order valence-corrected chi connectivity index (χ4v) is 7.42. The average molecular weight is 569 g/mol. The predicted octanol–water partition coefficient (Wildman–Crippen LogP) is 2.74. The number of fused-ring (bicyclic) bond motifs is 1. The summed E-state index contributed by atoms with van der Waals surface area (Å²) in [5.41, 5.74) is -1.13. The number of nitrogens with zero attached hydrogens (tertiary/aromatic N) is 3. The van der Waals surface area contributed by atoms with E-state index in [1.807, 2.05) is 13.8 Å². The minimum Gasteiger partial charge on any atom is -0.394 e. The van der Waals surface area contributed by atoms with Gasteiger partial charge >= 0.3 is 0 Å². The van der Waals surface area contributed by atoms with E-state index in [1.165, 1.54) is 4.90 Å². The minimum absolute atomic E-state index is 0.0548. The quantitative estimate of drug-likeness (QED) is 0.273. The molecule has 2 bridgehead atoms. The van der Waals surface area contributed by atoms with Crippen molar-refractivity contribution >= 4 is 33.7 Å². The minimum atomic E-state index is -1.13. The number of aliphatic hydroxyl groups excluding tert-OH is 1. The van der Waals surface area contributed by atoms with Gasteiger partial charge in [0.1, 0.15) is 11.6 Å². The summed E-state index contributed by atoms with van der Waals surface area (Å²) in [5.74, 6) is -2.11. The Morgan fingerprint density at radius 2 is 1.89 bits per heavy atom. The van der Waals surface area contributed by atoms with Crippen LogP contribution in [0.3, 0.4) is 0 Å². The van der Waals surface area contributed by atoms with Gasteiger partial charge in [-0.25, -0.2) is 0 Å². The van der Waals surface area contributed by atoms with Gasteiger partial charge in [-0.15, -0.1) is 13.2 Å². The Balaban J connectivity index is 2.10. The van der Waals surface area contributed by atoms with E-state index < -0.39 is 35.6 Å². The molecule has 3 aliphatic rings. The lowest BCUT2D eigenvalue weighted by Gasteiger charge is -2.40. The number of amides is 3. The number of alkyl halides is 1. The molecule has 3 rings (SSSR count). The molecule has 1 spiro atoms. The van der Waals surface area contributed by atoms with Gasteiger partial charge < -0.3 is 24.5 Å². The number of rotatable bonds is 13. The summed E-state index contributed by atoms with van der Waals surface area (Å²) in [6, 6.07) is -1.57. The van der Waals surface area contributed by atoms with E-state index >= 15 is 0 Å². The molecule has 3 saturated heterocycles. The molecule has 0 aromatic carbocycles. The third kappa shape index (κ3) is 4.67. The van der Waals surface area contributed by atoms with Crippen LogP contribution in [0.25, 0.3) is 0 Å². The van der Waals surface area contributed by atoms with E-state index in [0.29, 0.717) is 26.1 Å². The molecule has 0 aliphatic carbocycles. The van der Waals surface area contributed by atoms with Crippen molar-refractivity contribution in [3.63, 3.8) is 0 Å². The SMILES string of the molecule is C=CCN(CCC)C(=O)[C@H]1[C@H]2C(=O)N([C@H](C)CO)C(C(=O)N(CC=C)C(C)CCC)C23CC(Br)[C@@H]1O3. The molecule has 0 saturated carbocycles. The van der Waals surface area contributed by atoms with Gasteiger partial charge in [-0.3, -0.25) is 14.4 Å². The molecule has 9 heteroatoms. The van der Waals surface area contributed by atoms with E-state index in [0.717, 1.165) is 19.3 Å². The molecule has 36 heavy (non-hydrogen) atoms. The summed E-state index contributed by atoms with van der Waals surface area (Å²) >= 11 is 3.72. The molecular formula is C27H42BrN3O5. The highest BCUT2D eigenvalue weighted by Gasteiger charge is 2.77. The number of hydrogen-bond donors (Lipinski definition) is 1. The van der Waals surface area contributed by atoms with Gasteiger partial charge in [-0.05, 0) is 33.1 Å². The van der Waals surface area contributed by atoms with Gasteiger partial charge in [0, 0.05) is 30.5 Å². The van der Waals surface area contributed by atoms with Gasteiger partial charge in [-0.1, -0.05) is 48.4 Å². The first-order chi connectivity index (χ1) is 17.1. The highest BCUT2D eigenvalue weighted by Crippen LogP contribution is 2.60. The van der Waals surface area contributed by atoms with Gasteiger partial charge in [-0.2, -0.15) is 0 Å². The lowest BCUT2D eigenvalue weighted by molar-refractivity contribution is -0.152. The monoisotopic (exact) mass is 567 g/mol. The highest BCUT2D eigenvalue weighted by molar-refractivity contribution is 9.09. The van der Waals surface area contributed by atoms with E-state index in [2.05, 4.69) is 36.0 Å². The Bertz CT molecular complexity index is 868. The van der Waals surface area contributed by atoms with Gasteiger partial charge in [0.15, 0.2) is 0 Å². The van der Waals surface area contributed by atoms with Crippen molar-refractivity contribution in [2.75, 3.05) is 26.2 Å². The smallest absolute Gasteiger partial charge is 0.248 e. The maximum absolute atomic E-state index is 14.3. The van der Waals surface area contributed by atoms with Crippen molar-refractivity contribution in [3.8, 4) is 0 Å². The van der Waals surface area contributed by atoms with Crippen LogP contribution in [-0.2, 0) is 19.1 Å². The van der Waals surface area contributed by atoms with Crippen molar-refractivity contribution in [2.45, 2.75) is 88.0 Å². The lowest BCUT2D eigenvalue weighted by Crippen LogP contribution is -2.60. The average Bonchev–Trinajstić information content (AvgIpc) is 3.44. The van der Waals surface area contributed by atoms with Gasteiger partial charge in [0.2, 0.25) is 17.7 Å². The topological polar surface area (TPSA) is 90.4 Å². The van der Waals surface area contributed by atoms with Crippen LogP contribution in [0.5, 0.6) is 0 Å². The molecule has 3 heterocycles. The Morgan fingerprint density at radius 1 is 1.22 bits per heavy atom. The van der Waals surface area contributed by atoms with Crippen LogP contribution in [0.4, 0.5) is 0 Å². The molecule has 1 N–H and O–H groups in total. The second kappa shape index (κ2) is 11.8. The Kier molecular flexibility index (Phi) is 9.44. The third-order valence-electron chi connectivity index (χ3n) is 7.99. The van der Waals surface area contributed by atoms with Crippen LogP contribution in [0.15, 0.2) is 25.3 Å². The zero-order valence-corrected chi connectivity index (χ0v) is 23.7. The Labute approximate surface area is 223 Å². The van der Waals surface area contributed by atoms with Gasteiger partial charge in [0.25, 0.3) is 0 Å². The predicted molar refractivity (Wildman–Crippen MR) is 142 cm³/mol. The summed E-state index contributed by atoms with van der Waals surface area (Å²) in [6.07, 6.45) is 5.83. The summed E-state index contributed by atoms with van der Waals surface area (Å²) in [5, 5.41) is 10.1. The summed E-state index contributed by atoms with van der Waals surface area (Å²) < 4.78 is 6.60. The molecule has 0 aromatic heterocycles. The molecule has 3 aliphatic heterocycles. The first-order valence-corrected chi connectivity index (χ1v) is 14.1.